The average Bonchev–Trinajstić information content (AvgIpc) is 3.07. The molecule has 0 aliphatic heterocycles. The van der Waals surface area contributed by atoms with E-state index in [1.807, 2.05) is 0 Å². The van der Waals surface area contributed by atoms with Crippen molar-refractivity contribution in [2.24, 2.45) is 23.7 Å². The number of hydrogen-bond donors (Lipinski definition) is 0. The van der Waals surface area contributed by atoms with Crippen LogP contribution in [0.4, 0.5) is 0 Å². The van der Waals surface area contributed by atoms with Crippen LogP contribution in [0.15, 0.2) is 16.7 Å². The molecule has 1 atom stereocenters. The third-order valence-electron chi connectivity index (χ3n) is 9.14. The van der Waals surface area contributed by atoms with E-state index in [0.29, 0.717) is 5.92 Å². The van der Waals surface area contributed by atoms with Gasteiger partial charge in [-0.3, -0.25) is 6.08 Å². The first-order valence-electron chi connectivity index (χ1n) is 15.1. The monoisotopic (exact) mass is 602 g/mol. The SMILES string of the molecule is CCCCCCCCC1=C(CCCCCC)C(CC)=[C-]C1C.[Cl-].[Cl-].[NH-]C12CC3CC(CC(C3)C1)C2.[SiH3].[Ti+4]. The van der Waals surface area contributed by atoms with Crippen molar-refractivity contribution in [3.8, 4) is 0 Å². The molecule has 0 spiro atoms. The fourth-order valence-electron chi connectivity index (χ4n) is 7.82. The molecule has 0 saturated heterocycles. The van der Waals surface area contributed by atoms with Gasteiger partial charge >= 0.3 is 21.7 Å². The van der Waals surface area contributed by atoms with Gasteiger partial charge in [0.2, 0.25) is 0 Å². The summed E-state index contributed by atoms with van der Waals surface area (Å²) in [6.45, 7) is 9.26. The van der Waals surface area contributed by atoms with Crippen molar-refractivity contribution in [2.75, 3.05) is 0 Å². The molecule has 1 nitrogen and oxygen atoms in total. The van der Waals surface area contributed by atoms with Crippen molar-refractivity contribution in [1.82, 2.24) is 0 Å². The Morgan fingerprint density at radius 2 is 1.16 bits per heavy atom. The molecule has 37 heavy (non-hydrogen) atoms. The molecule has 4 bridgehead atoms. The summed E-state index contributed by atoms with van der Waals surface area (Å²) in [4.78, 5) is 0. The van der Waals surface area contributed by atoms with Crippen LogP contribution in [0.25, 0.3) is 5.73 Å². The molecule has 5 rings (SSSR count). The Balaban J connectivity index is 0. The first-order chi connectivity index (χ1) is 16.0. The second-order valence-electron chi connectivity index (χ2n) is 12.2. The summed E-state index contributed by atoms with van der Waals surface area (Å²) in [6, 6.07) is 0. The van der Waals surface area contributed by atoms with Crippen molar-refractivity contribution < 1.29 is 46.5 Å². The van der Waals surface area contributed by atoms with Crippen LogP contribution in [0.5, 0.6) is 0 Å². The second-order valence-corrected chi connectivity index (χ2v) is 12.2. The van der Waals surface area contributed by atoms with Crippen LogP contribution in [0, 0.1) is 29.7 Å². The van der Waals surface area contributed by atoms with E-state index >= 15 is 0 Å². The normalized spacial score (nSPS) is 28.7. The number of hydrogen-bond acceptors (Lipinski definition) is 0. The first kappa shape index (κ1) is 40.1. The quantitative estimate of drug-likeness (QED) is 0.175. The van der Waals surface area contributed by atoms with E-state index in [4.69, 9.17) is 5.73 Å². The topological polar surface area (TPSA) is 23.8 Å². The first-order valence-corrected chi connectivity index (χ1v) is 15.1. The van der Waals surface area contributed by atoms with Gasteiger partial charge in [0.25, 0.3) is 0 Å². The fraction of sp³-hybridized carbons (Fsp3) is 0.875. The maximum absolute atomic E-state index is 8.21. The zero-order chi connectivity index (χ0) is 23.7. The predicted molar refractivity (Wildman–Crippen MR) is 155 cm³/mol. The van der Waals surface area contributed by atoms with Gasteiger partial charge in [-0.15, -0.1) is 5.54 Å². The Bertz CT molecular complexity index is 628. The summed E-state index contributed by atoms with van der Waals surface area (Å²) in [5.41, 5.74) is 13.3. The van der Waals surface area contributed by atoms with Gasteiger partial charge in [0.1, 0.15) is 0 Å². The summed E-state index contributed by atoms with van der Waals surface area (Å²) in [5, 5.41) is 0. The second kappa shape index (κ2) is 20.8. The van der Waals surface area contributed by atoms with E-state index < -0.39 is 0 Å². The number of rotatable bonds is 13. The number of unbranched alkanes of at least 4 members (excludes halogenated alkanes) is 8. The van der Waals surface area contributed by atoms with E-state index in [-0.39, 0.29) is 63.0 Å². The van der Waals surface area contributed by atoms with Crippen molar-refractivity contribution in [3.63, 3.8) is 0 Å². The van der Waals surface area contributed by atoms with Crippen LogP contribution in [0.3, 0.4) is 0 Å². The predicted octanol–water partition coefficient (Wildman–Crippen LogP) is 3.62. The molecule has 5 heteroatoms. The molecule has 213 valence electrons. The van der Waals surface area contributed by atoms with Gasteiger partial charge in [-0.2, -0.15) is 11.1 Å². The summed E-state index contributed by atoms with van der Waals surface area (Å²) >= 11 is 0. The minimum atomic E-state index is 0. The minimum absolute atomic E-state index is 0. The Morgan fingerprint density at radius 1 is 0.730 bits per heavy atom. The summed E-state index contributed by atoms with van der Waals surface area (Å²) in [7, 11) is 0. The Labute approximate surface area is 263 Å². The molecule has 1 radical (unpaired) electrons. The zero-order valence-corrected chi connectivity index (χ0v) is 30.1. The molecule has 0 aromatic rings. The standard InChI is InChI=1S/C22H39.C10H16N.2ClH.H3Si.Ti/c1-5-8-10-12-13-15-16-21-19(4)18-20(7-3)22(21)17-14-11-9-6-2;11-10-4-7-1-8(5-10)3-9(2-7)6-10;;;;/h19H,5-17H2,1-4H3;7-9,11H,1-6H2;2*1H;1H3;/q2*-1;;;;+4/p-2. The third kappa shape index (κ3) is 12.6. The molecular weight excluding hydrogens is 545 g/mol. The van der Waals surface area contributed by atoms with Crippen molar-refractivity contribution in [2.45, 2.75) is 155 Å². The van der Waals surface area contributed by atoms with Gasteiger partial charge < -0.3 is 30.5 Å². The van der Waals surface area contributed by atoms with Gasteiger partial charge in [-0.1, -0.05) is 130 Å². The molecule has 1 unspecified atom stereocenters. The number of halogens is 2. The van der Waals surface area contributed by atoms with Gasteiger partial charge in [-0.25, -0.2) is 5.57 Å². The van der Waals surface area contributed by atoms with Crippen LogP contribution in [0.1, 0.15) is 150 Å². The minimum Gasteiger partial charge on any atom is -1.00 e. The summed E-state index contributed by atoms with van der Waals surface area (Å²) < 4.78 is 0. The number of nitrogens with one attached hydrogen (secondary N) is 1. The third-order valence-corrected chi connectivity index (χ3v) is 9.14. The Morgan fingerprint density at radius 3 is 1.62 bits per heavy atom. The largest absolute Gasteiger partial charge is 4.00 e. The Hall–Kier alpha value is 0.951. The molecule has 0 amide bonds. The van der Waals surface area contributed by atoms with Crippen LogP contribution >= 0.6 is 0 Å². The molecule has 4 saturated carbocycles. The van der Waals surface area contributed by atoms with E-state index in [9.17, 15) is 0 Å². The number of allylic oxidation sites excluding steroid dienone is 4. The van der Waals surface area contributed by atoms with Crippen LogP contribution in [0.2, 0.25) is 0 Å². The van der Waals surface area contributed by atoms with Crippen molar-refractivity contribution in [3.05, 3.63) is 28.5 Å². The van der Waals surface area contributed by atoms with E-state index in [1.165, 1.54) is 122 Å². The molecule has 1 N–H and O–H groups in total. The van der Waals surface area contributed by atoms with Crippen LogP contribution in [-0.2, 0) is 21.7 Å². The molecule has 0 aromatic carbocycles. The van der Waals surface area contributed by atoms with Crippen LogP contribution in [-0.4, -0.2) is 16.5 Å². The van der Waals surface area contributed by atoms with Gasteiger partial charge in [0, 0.05) is 0 Å². The van der Waals surface area contributed by atoms with Crippen LogP contribution < -0.4 is 24.8 Å². The molecule has 0 heterocycles. The molecule has 5 aliphatic rings. The molecule has 5 aliphatic carbocycles. The fourth-order valence-corrected chi connectivity index (χ4v) is 7.82. The van der Waals surface area contributed by atoms with Gasteiger partial charge in [0.05, 0.1) is 0 Å². The van der Waals surface area contributed by atoms with Gasteiger partial charge in [-0.05, 0) is 54.4 Å². The molecule has 4 fully saturated rings. The van der Waals surface area contributed by atoms with E-state index in [0.717, 1.165) is 17.8 Å². The molecular formula is C32H58Cl2NSiTi. The van der Waals surface area contributed by atoms with Crippen molar-refractivity contribution in [1.29, 1.82) is 0 Å². The van der Waals surface area contributed by atoms with Gasteiger partial charge in [0.15, 0.2) is 0 Å². The molecule has 0 aromatic heterocycles. The smallest absolute Gasteiger partial charge is 1.00 e. The maximum Gasteiger partial charge on any atom is 4.00 e. The maximum atomic E-state index is 8.21. The van der Waals surface area contributed by atoms with E-state index in [2.05, 4.69) is 33.8 Å². The Kier molecular flexibility index (Phi) is 22.5. The van der Waals surface area contributed by atoms with Crippen molar-refractivity contribution >= 4 is 11.0 Å². The summed E-state index contributed by atoms with van der Waals surface area (Å²) in [5.74, 6) is 3.46. The summed E-state index contributed by atoms with van der Waals surface area (Å²) in [6.07, 6.45) is 29.6. The zero-order valence-electron chi connectivity index (χ0n) is 25.0. The average molecular weight is 604 g/mol. The van der Waals surface area contributed by atoms with E-state index in [1.54, 1.807) is 16.7 Å².